The average Bonchev–Trinajstić information content (AvgIpc) is 2.98. The molecule has 0 spiro atoms. The van der Waals surface area contributed by atoms with Gasteiger partial charge in [0, 0.05) is 5.56 Å². The van der Waals surface area contributed by atoms with Crippen LogP contribution in [0.2, 0.25) is 0 Å². The van der Waals surface area contributed by atoms with Crippen LogP contribution in [0.1, 0.15) is 11.6 Å². The second-order valence-electron chi connectivity index (χ2n) is 5.58. The molecular formula is C18H14N4O2. The fraction of sp³-hybridized carbons (Fsp3) is 0.167. The summed E-state index contributed by atoms with van der Waals surface area (Å²) in [4.78, 5) is 16.9. The molecule has 1 aliphatic heterocycles. The lowest BCUT2D eigenvalue weighted by Crippen LogP contribution is -2.37. The Morgan fingerprint density at radius 2 is 1.96 bits per heavy atom. The number of methoxy groups -OCH3 is 1. The minimum atomic E-state index is -0.869. The molecule has 1 aromatic heterocycles. The van der Waals surface area contributed by atoms with Crippen LogP contribution < -0.4 is 10.1 Å². The zero-order chi connectivity index (χ0) is 16.7. The summed E-state index contributed by atoms with van der Waals surface area (Å²) in [7, 11) is 1.58. The highest BCUT2D eigenvalue weighted by Gasteiger charge is 2.40. The number of para-hydroxylation sites is 3. The summed E-state index contributed by atoms with van der Waals surface area (Å²) in [6.45, 7) is 0. The van der Waals surface area contributed by atoms with Crippen molar-refractivity contribution >= 4 is 22.9 Å². The van der Waals surface area contributed by atoms with E-state index < -0.39 is 12.0 Å². The Balaban J connectivity index is 2.04. The van der Waals surface area contributed by atoms with E-state index in [1.807, 2.05) is 53.1 Å². The van der Waals surface area contributed by atoms with Crippen molar-refractivity contribution in [2.45, 2.75) is 6.04 Å². The summed E-state index contributed by atoms with van der Waals surface area (Å²) in [5.41, 5.74) is 2.42. The molecule has 0 unspecified atom stereocenters. The SMILES string of the molecule is COc1ccccc1[C@@H]1[C@H](C#N)C(=O)Nc2nc3ccccc3n21. The van der Waals surface area contributed by atoms with Crippen LogP contribution in [0, 0.1) is 17.2 Å². The normalized spacial score (nSPS) is 19.4. The van der Waals surface area contributed by atoms with Crippen molar-refractivity contribution in [3.05, 3.63) is 54.1 Å². The molecule has 2 atom stereocenters. The maximum atomic E-state index is 12.4. The summed E-state index contributed by atoms with van der Waals surface area (Å²) in [6.07, 6.45) is 0. The van der Waals surface area contributed by atoms with Gasteiger partial charge in [-0.05, 0) is 18.2 Å². The maximum absolute atomic E-state index is 12.4. The molecule has 2 heterocycles. The van der Waals surface area contributed by atoms with Crippen LogP contribution in [0.4, 0.5) is 5.95 Å². The minimum absolute atomic E-state index is 0.351. The molecule has 6 heteroatoms. The average molecular weight is 318 g/mol. The standard InChI is InChI=1S/C18H14N4O2/c1-24-15-9-5-2-6-11(15)16-12(10-19)17(23)21-18-20-13-7-3-4-8-14(13)22(16)18/h2-9,12,16H,1H3,(H,20,21,23)/t12-,16+/m0/s1. The lowest BCUT2D eigenvalue weighted by Gasteiger charge is -2.30. The minimum Gasteiger partial charge on any atom is -0.496 e. The largest absolute Gasteiger partial charge is 0.496 e. The van der Waals surface area contributed by atoms with Crippen molar-refractivity contribution in [3.8, 4) is 11.8 Å². The van der Waals surface area contributed by atoms with Crippen molar-refractivity contribution < 1.29 is 9.53 Å². The number of imidazole rings is 1. The van der Waals surface area contributed by atoms with E-state index in [0.29, 0.717) is 11.7 Å². The number of amides is 1. The predicted molar refractivity (Wildman–Crippen MR) is 88.6 cm³/mol. The third-order valence-corrected chi connectivity index (χ3v) is 4.30. The zero-order valence-corrected chi connectivity index (χ0v) is 12.9. The molecule has 0 saturated carbocycles. The van der Waals surface area contributed by atoms with Gasteiger partial charge in [0.1, 0.15) is 5.75 Å². The number of nitriles is 1. The molecule has 0 saturated heterocycles. The second-order valence-corrected chi connectivity index (χ2v) is 5.58. The topological polar surface area (TPSA) is 79.9 Å². The zero-order valence-electron chi connectivity index (χ0n) is 12.9. The van der Waals surface area contributed by atoms with Gasteiger partial charge in [-0.25, -0.2) is 4.98 Å². The van der Waals surface area contributed by atoms with Crippen molar-refractivity contribution in [2.75, 3.05) is 12.4 Å². The van der Waals surface area contributed by atoms with Gasteiger partial charge >= 0.3 is 0 Å². The molecule has 2 aromatic carbocycles. The quantitative estimate of drug-likeness (QED) is 0.788. The van der Waals surface area contributed by atoms with Crippen LogP contribution in [0.15, 0.2) is 48.5 Å². The Morgan fingerprint density at radius 1 is 1.21 bits per heavy atom. The number of anilines is 1. The highest BCUT2D eigenvalue weighted by atomic mass is 16.5. The van der Waals surface area contributed by atoms with E-state index in [1.54, 1.807) is 7.11 Å². The summed E-state index contributed by atoms with van der Waals surface area (Å²) < 4.78 is 7.36. The summed E-state index contributed by atoms with van der Waals surface area (Å²) in [5, 5.41) is 12.3. The number of carbonyl (C=O) groups excluding carboxylic acids is 1. The molecule has 1 amide bonds. The molecule has 6 nitrogen and oxygen atoms in total. The highest BCUT2D eigenvalue weighted by molar-refractivity contribution is 5.97. The van der Waals surface area contributed by atoms with Gasteiger partial charge in [-0.3, -0.25) is 10.1 Å². The number of hydrogen-bond donors (Lipinski definition) is 1. The van der Waals surface area contributed by atoms with Gasteiger partial charge in [-0.2, -0.15) is 5.26 Å². The molecule has 4 rings (SSSR count). The van der Waals surface area contributed by atoms with Gasteiger partial charge in [0.15, 0.2) is 5.92 Å². The van der Waals surface area contributed by atoms with E-state index in [0.717, 1.165) is 16.6 Å². The first kappa shape index (κ1) is 14.3. The number of fused-ring (bicyclic) bond motifs is 3. The molecule has 0 aliphatic carbocycles. The van der Waals surface area contributed by atoms with E-state index in [1.165, 1.54) is 0 Å². The number of carbonyl (C=O) groups is 1. The van der Waals surface area contributed by atoms with Gasteiger partial charge in [0.25, 0.3) is 0 Å². The molecule has 3 aromatic rings. The van der Waals surface area contributed by atoms with Gasteiger partial charge in [-0.15, -0.1) is 0 Å². The van der Waals surface area contributed by atoms with E-state index in [4.69, 9.17) is 4.74 Å². The lowest BCUT2D eigenvalue weighted by atomic mass is 9.90. The Kier molecular flexibility index (Phi) is 3.21. The fourth-order valence-electron chi connectivity index (χ4n) is 3.25. The summed E-state index contributed by atoms with van der Waals surface area (Å²) in [6, 6.07) is 16.7. The molecule has 118 valence electrons. The molecule has 0 fully saturated rings. The van der Waals surface area contributed by atoms with Crippen molar-refractivity contribution in [1.29, 1.82) is 5.26 Å². The van der Waals surface area contributed by atoms with Crippen molar-refractivity contribution in [3.63, 3.8) is 0 Å². The number of nitrogens with one attached hydrogen (secondary N) is 1. The Morgan fingerprint density at radius 3 is 2.75 bits per heavy atom. The molecular weight excluding hydrogens is 304 g/mol. The first-order valence-corrected chi connectivity index (χ1v) is 7.55. The Bertz CT molecular complexity index is 986. The third kappa shape index (κ3) is 1.95. The third-order valence-electron chi connectivity index (χ3n) is 4.30. The highest BCUT2D eigenvalue weighted by Crippen LogP contribution is 2.40. The smallest absolute Gasteiger partial charge is 0.246 e. The Labute approximate surface area is 138 Å². The lowest BCUT2D eigenvalue weighted by molar-refractivity contribution is -0.119. The molecule has 24 heavy (non-hydrogen) atoms. The number of rotatable bonds is 2. The van der Waals surface area contributed by atoms with E-state index in [9.17, 15) is 10.1 Å². The molecule has 0 bridgehead atoms. The number of ether oxygens (including phenoxy) is 1. The molecule has 1 aliphatic rings. The molecule has 0 radical (unpaired) electrons. The van der Waals surface area contributed by atoms with E-state index in [2.05, 4.69) is 16.4 Å². The summed E-state index contributed by atoms with van der Waals surface area (Å²) in [5.74, 6) is -0.132. The Hall–Kier alpha value is -3.33. The maximum Gasteiger partial charge on any atom is 0.246 e. The second kappa shape index (κ2) is 5.39. The van der Waals surface area contributed by atoms with Gasteiger partial charge in [-0.1, -0.05) is 30.3 Å². The van der Waals surface area contributed by atoms with Gasteiger partial charge in [0.05, 0.1) is 30.3 Å². The fourth-order valence-corrected chi connectivity index (χ4v) is 3.25. The molecule has 1 N–H and O–H groups in total. The summed E-state index contributed by atoms with van der Waals surface area (Å²) >= 11 is 0. The number of aromatic nitrogens is 2. The van der Waals surface area contributed by atoms with Crippen LogP contribution in [0.3, 0.4) is 0 Å². The van der Waals surface area contributed by atoms with Crippen LogP contribution in [0.25, 0.3) is 11.0 Å². The van der Waals surface area contributed by atoms with Crippen LogP contribution >= 0.6 is 0 Å². The van der Waals surface area contributed by atoms with Crippen molar-refractivity contribution in [1.82, 2.24) is 9.55 Å². The monoisotopic (exact) mass is 318 g/mol. The first-order valence-electron chi connectivity index (χ1n) is 7.55. The van der Waals surface area contributed by atoms with Crippen molar-refractivity contribution in [2.24, 2.45) is 5.92 Å². The van der Waals surface area contributed by atoms with E-state index in [-0.39, 0.29) is 5.91 Å². The van der Waals surface area contributed by atoms with Crippen LogP contribution in [-0.4, -0.2) is 22.6 Å². The number of nitrogens with zero attached hydrogens (tertiary/aromatic N) is 3. The predicted octanol–water partition coefficient (Wildman–Crippen LogP) is 2.73. The van der Waals surface area contributed by atoms with Crippen LogP contribution in [0.5, 0.6) is 5.75 Å². The first-order chi connectivity index (χ1) is 11.7. The number of benzene rings is 2. The van der Waals surface area contributed by atoms with E-state index >= 15 is 0 Å². The van der Waals surface area contributed by atoms with Crippen LogP contribution in [-0.2, 0) is 4.79 Å². The van der Waals surface area contributed by atoms with Gasteiger partial charge in [0.2, 0.25) is 11.9 Å². The number of hydrogen-bond acceptors (Lipinski definition) is 4. The van der Waals surface area contributed by atoms with Gasteiger partial charge < -0.3 is 9.30 Å².